The number of thioether (sulfide) groups is 1. The summed E-state index contributed by atoms with van der Waals surface area (Å²) in [7, 11) is 0. The summed E-state index contributed by atoms with van der Waals surface area (Å²) in [5.74, 6) is -0.757. The number of nitrogens with zero attached hydrogens (tertiary/aromatic N) is 4. The molecule has 8 nitrogen and oxygen atoms in total. The number of amides is 2. The molecular weight excluding hydrogens is 457 g/mol. The number of benzene rings is 1. The number of anilines is 1. The molecule has 0 bridgehead atoms. The Morgan fingerprint density at radius 2 is 1.94 bits per heavy atom. The first-order valence-corrected chi connectivity index (χ1v) is 11.7. The van der Waals surface area contributed by atoms with E-state index in [1.165, 1.54) is 6.07 Å². The van der Waals surface area contributed by atoms with Crippen LogP contribution in [0, 0.1) is 5.82 Å². The fourth-order valence-electron chi connectivity index (χ4n) is 4.19. The van der Waals surface area contributed by atoms with Crippen LogP contribution in [0.15, 0.2) is 47.5 Å². The van der Waals surface area contributed by atoms with Crippen LogP contribution in [0.4, 0.5) is 14.9 Å². The van der Waals surface area contributed by atoms with Gasteiger partial charge in [0, 0.05) is 44.5 Å². The normalized spacial score (nSPS) is 18.2. The lowest BCUT2D eigenvalue weighted by Crippen LogP contribution is -2.47. The number of aliphatic hydroxyl groups is 1. The summed E-state index contributed by atoms with van der Waals surface area (Å²) in [5, 5.41) is 10.9. The molecule has 2 saturated heterocycles. The molecule has 10 heteroatoms. The van der Waals surface area contributed by atoms with Crippen molar-refractivity contribution in [1.82, 2.24) is 20.2 Å². The summed E-state index contributed by atoms with van der Waals surface area (Å²) in [6.45, 7) is 3.71. The van der Waals surface area contributed by atoms with Gasteiger partial charge >= 0.3 is 0 Å². The van der Waals surface area contributed by atoms with Gasteiger partial charge in [0.1, 0.15) is 5.82 Å². The summed E-state index contributed by atoms with van der Waals surface area (Å²) < 4.78 is 15.2. The van der Waals surface area contributed by atoms with Gasteiger partial charge in [0.05, 0.1) is 33.9 Å². The van der Waals surface area contributed by atoms with Gasteiger partial charge in [-0.1, -0.05) is 6.07 Å². The topological polar surface area (TPSA) is 98.7 Å². The van der Waals surface area contributed by atoms with Crippen LogP contribution in [0.1, 0.15) is 5.69 Å². The van der Waals surface area contributed by atoms with Crippen molar-refractivity contribution in [2.45, 2.75) is 0 Å². The van der Waals surface area contributed by atoms with E-state index in [2.05, 4.69) is 20.2 Å². The third-order valence-corrected chi connectivity index (χ3v) is 6.72. The number of aliphatic hydroxyl groups excluding tert-OH is 1. The lowest BCUT2D eigenvalue weighted by Gasteiger charge is -2.36. The van der Waals surface area contributed by atoms with Crippen molar-refractivity contribution in [3.8, 4) is 11.1 Å². The second-order valence-corrected chi connectivity index (χ2v) is 9.05. The quantitative estimate of drug-likeness (QED) is 0.539. The number of β-amino-alcohol motifs (C(OH)–C–C–N with tert-alkyl or cyclic N) is 1. The number of pyridine rings is 2. The van der Waals surface area contributed by atoms with Gasteiger partial charge in [0.15, 0.2) is 0 Å². The molecule has 0 spiro atoms. The first kappa shape index (κ1) is 22.5. The highest BCUT2D eigenvalue weighted by Gasteiger charge is 2.25. The van der Waals surface area contributed by atoms with Crippen LogP contribution >= 0.6 is 11.8 Å². The van der Waals surface area contributed by atoms with Crippen molar-refractivity contribution in [3.63, 3.8) is 0 Å². The van der Waals surface area contributed by atoms with Gasteiger partial charge in [-0.25, -0.2) is 9.37 Å². The number of nitrogens with one attached hydrogen (secondary N) is 1. The van der Waals surface area contributed by atoms with Crippen LogP contribution in [0.3, 0.4) is 0 Å². The van der Waals surface area contributed by atoms with Crippen LogP contribution in [-0.4, -0.2) is 70.5 Å². The van der Waals surface area contributed by atoms with E-state index in [9.17, 15) is 9.59 Å². The summed E-state index contributed by atoms with van der Waals surface area (Å²) in [6, 6.07) is 10.5. The molecule has 2 aliphatic rings. The monoisotopic (exact) mass is 479 g/mol. The summed E-state index contributed by atoms with van der Waals surface area (Å²) >= 11 is 0.831. The predicted molar refractivity (Wildman–Crippen MR) is 130 cm³/mol. The Kier molecular flexibility index (Phi) is 6.27. The molecule has 5 rings (SSSR count). The molecule has 174 valence electrons. The highest BCUT2D eigenvalue weighted by atomic mass is 32.2. The molecule has 2 aromatic heterocycles. The molecule has 0 atom stereocenters. The lowest BCUT2D eigenvalue weighted by atomic mass is 10.0. The smallest absolute Gasteiger partial charge is 0.290 e. The van der Waals surface area contributed by atoms with E-state index in [4.69, 9.17) is 5.11 Å². The Labute approximate surface area is 199 Å². The van der Waals surface area contributed by atoms with Gasteiger partial charge < -0.3 is 10.0 Å². The average Bonchev–Trinajstić information content (AvgIpc) is 3.15. The SMILES string of the molecule is O=C1NC(=O)/C(=C/c2ccc3nccc(-c4ccc(N5CCN(CCO)CC5)c(F)c4)c3n2)S1. The molecule has 0 aliphatic carbocycles. The van der Waals surface area contributed by atoms with Crippen molar-refractivity contribution in [1.29, 1.82) is 0 Å². The van der Waals surface area contributed by atoms with E-state index in [0.29, 0.717) is 47.6 Å². The van der Waals surface area contributed by atoms with Crippen molar-refractivity contribution in [2.24, 2.45) is 0 Å². The standard InChI is InChI=1S/C24H22FN5O3S/c25-18-13-15(1-4-20(18)30-9-7-29(8-10-30)11-12-31)17-5-6-26-19-3-2-16(27-22(17)19)14-21-23(32)28-24(33)34-21/h1-6,13-14,31H,7-12H2,(H,28,32,33)/b21-14-. The van der Waals surface area contributed by atoms with Crippen LogP contribution in [0.2, 0.25) is 0 Å². The molecule has 2 amide bonds. The first-order valence-electron chi connectivity index (χ1n) is 10.9. The zero-order valence-corrected chi connectivity index (χ0v) is 19.0. The van der Waals surface area contributed by atoms with Gasteiger partial charge in [0.25, 0.3) is 11.1 Å². The summed E-state index contributed by atoms with van der Waals surface area (Å²) in [4.78, 5) is 36.8. The Morgan fingerprint density at radius 1 is 1.12 bits per heavy atom. The maximum atomic E-state index is 15.2. The number of carbonyl (C=O) groups excluding carboxylic acids is 2. The molecule has 0 radical (unpaired) electrons. The third-order valence-electron chi connectivity index (χ3n) is 5.91. The number of aromatic nitrogens is 2. The molecule has 1 aromatic carbocycles. The van der Waals surface area contributed by atoms with Gasteiger partial charge in [-0.3, -0.25) is 24.8 Å². The number of imide groups is 1. The number of hydrogen-bond acceptors (Lipinski definition) is 8. The minimum atomic E-state index is -0.446. The molecule has 0 unspecified atom stereocenters. The number of carbonyl (C=O) groups is 2. The van der Waals surface area contributed by atoms with Gasteiger partial charge in [-0.15, -0.1) is 0 Å². The number of fused-ring (bicyclic) bond motifs is 1. The van der Waals surface area contributed by atoms with E-state index in [1.54, 1.807) is 36.5 Å². The fraction of sp³-hybridized carbons (Fsp3) is 0.250. The molecule has 34 heavy (non-hydrogen) atoms. The Bertz CT molecular complexity index is 1310. The number of halogens is 1. The largest absolute Gasteiger partial charge is 0.395 e. The zero-order chi connectivity index (χ0) is 23.7. The van der Waals surface area contributed by atoms with Crippen molar-refractivity contribution in [3.05, 3.63) is 59.0 Å². The predicted octanol–water partition coefficient (Wildman–Crippen LogP) is 2.87. The Morgan fingerprint density at radius 3 is 2.65 bits per heavy atom. The second-order valence-electron chi connectivity index (χ2n) is 8.03. The van der Waals surface area contributed by atoms with Crippen molar-refractivity contribution >= 4 is 45.7 Å². The van der Waals surface area contributed by atoms with Crippen LogP contribution in [0.5, 0.6) is 0 Å². The number of rotatable bonds is 5. The van der Waals surface area contributed by atoms with E-state index >= 15 is 4.39 Å². The maximum Gasteiger partial charge on any atom is 0.290 e. The third kappa shape index (κ3) is 4.52. The molecule has 2 fully saturated rings. The van der Waals surface area contributed by atoms with Gasteiger partial charge in [-0.2, -0.15) is 0 Å². The maximum absolute atomic E-state index is 15.2. The van der Waals surface area contributed by atoms with E-state index in [-0.39, 0.29) is 17.3 Å². The lowest BCUT2D eigenvalue weighted by molar-refractivity contribution is -0.115. The fourth-order valence-corrected chi connectivity index (χ4v) is 4.86. The molecule has 2 N–H and O–H groups in total. The van der Waals surface area contributed by atoms with Gasteiger partial charge in [-0.05, 0) is 53.7 Å². The van der Waals surface area contributed by atoms with Crippen LogP contribution < -0.4 is 10.2 Å². The van der Waals surface area contributed by atoms with Crippen LogP contribution in [0.25, 0.3) is 28.2 Å². The zero-order valence-electron chi connectivity index (χ0n) is 18.2. The number of piperazine rings is 1. The highest BCUT2D eigenvalue weighted by Crippen LogP contribution is 2.31. The number of hydrogen-bond donors (Lipinski definition) is 2. The average molecular weight is 480 g/mol. The second kappa shape index (κ2) is 9.49. The minimum absolute atomic E-state index is 0.125. The molecule has 0 saturated carbocycles. The molecular formula is C24H22FN5O3S. The molecule has 4 heterocycles. The van der Waals surface area contributed by atoms with Crippen molar-refractivity contribution < 1.29 is 19.1 Å². The summed E-state index contributed by atoms with van der Waals surface area (Å²) in [5.41, 5.74) is 3.68. The van der Waals surface area contributed by atoms with E-state index in [1.807, 2.05) is 11.0 Å². The van der Waals surface area contributed by atoms with E-state index in [0.717, 1.165) is 30.4 Å². The first-order chi connectivity index (χ1) is 16.5. The molecule has 2 aliphatic heterocycles. The Hall–Kier alpha value is -3.34. The molecule has 3 aromatic rings. The minimum Gasteiger partial charge on any atom is -0.395 e. The van der Waals surface area contributed by atoms with Gasteiger partial charge in [0.2, 0.25) is 0 Å². The van der Waals surface area contributed by atoms with Crippen molar-refractivity contribution in [2.75, 3.05) is 44.2 Å². The summed E-state index contributed by atoms with van der Waals surface area (Å²) in [6.07, 6.45) is 3.21. The Balaban J connectivity index is 1.45. The highest BCUT2D eigenvalue weighted by molar-refractivity contribution is 8.18. The van der Waals surface area contributed by atoms with Crippen LogP contribution in [-0.2, 0) is 4.79 Å². The van der Waals surface area contributed by atoms with E-state index < -0.39 is 11.1 Å².